The van der Waals surface area contributed by atoms with Gasteiger partial charge < -0.3 is 5.48 Å². The SMILES string of the molecule is O.[BaH2].[O]=[AlH]. The molecule has 0 aliphatic rings. The second-order valence-electron chi connectivity index (χ2n) is 0. The molecular weight excluding hydrogens is 196 g/mol. The molecule has 4 heavy (non-hydrogen) atoms. The van der Waals surface area contributed by atoms with Crippen molar-refractivity contribution in [1.82, 2.24) is 0 Å². The first-order valence-corrected chi connectivity index (χ1v) is 0.866. The molecule has 0 saturated heterocycles. The molecule has 0 saturated carbocycles. The zero-order valence-corrected chi connectivity index (χ0v) is 3.03. The molecule has 0 bridgehead atoms. The van der Waals surface area contributed by atoms with Crippen LogP contribution in [0.25, 0.3) is 0 Å². The van der Waals surface area contributed by atoms with Gasteiger partial charge in [-0.1, -0.05) is 0 Å². The summed E-state index contributed by atoms with van der Waals surface area (Å²) < 4.78 is 8.28. The molecule has 0 fully saturated rings. The van der Waals surface area contributed by atoms with Gasteiger partial charge in [-0.15, -0.1) is 0 Å². The van der Waals surface area contributed by atoms with Crippen LogP contribution in [0.5, 0.6) is 0 Å². The van der Waals surface area contributed by atoms with Crippen LogP contribution in [-0.2, 0) is 3.80 Å². The van der Waals surface area contributed by atoms with Crippen molar-refractivity contribution in [3.63, 3.8) is 0 Å². The molecule has 0 aliphatic heterocycles. The van der Waals surface area contributed by atoms with Gasteiger partial charge in [-0.25, -0.2) is 0 Å². The topological polar surface area (TPSA) is 48.6 Å². The van der Waals surface area contributed by atoms with Crippen molar-refractivity contribution in [2.24, 2.45) is 0 Å². The summed E-state index contributed by atoms with van der Waals surface area (Å²) in [7, 11) is 0. The standard InChI is InChI=1S/Al.Ba.H2O.O.3H/h;;1H2;;;;. The molecule has 0 heterocycles. The zero-order valence-electron chi connectivity index (χ0n) is 1.62. The number of rotatable bonds is 0. The van der Waals surface area contributed by atoms with E-state index in [9.17, 15) is 0 Å². The monoisotopic (exact) mass is 202 g/mol. The Morgan fingerprint density at radius 3 is 1.25 bits per heavy atom. The van der Waals surface area contributed by atoms with Crippen molar-refractivity contribution in [3.05, 3.63) is 0 Å². The van der Waals surface area contributed by atoms with Gasteiger partial charge >= 0.3 is 68.9 Å². The van der Waals surface area contributed by atoms with E-state index in [2.05, 4.69) is 0 Å². The Bertz CT molecular complexity index is 6.00. The molecule has 0 atom stereocenters. The molecule has 0 aromatic carbocycles. The Morgan fingerprint density at radius 2 is 1.25 bits per heavy atom. The van der Waals surface area contributed by atoms with E-state index in [-0.39, 0.29) is 54.4 Å². The minimum atomic E-state index is 0. The van der Waals surface area contributed by atoms with E-state index in [0.29, 0.717) is 16.2 Å². The Balaban J connectivity index is -0.00000000500. The van der Waals surface area contributed by atoms with E-state index in [1.54, 1.807) is 0 Å². The molecule has 0 aliphatic carbocycles. The second-order valence-corrected chi connectivity index (χ2v) is 0. The summed E-state index contributed by atoms with van der Waals surface area (Å²) in [5, 5.41) is 0. The van der Waals surface area contributed by atoms with Crippen LogP contribution in [-0.4, -0.2) is 70.6 Å². The molecule has 2 N–H and O–H groups in total. The molecule has 0 spiro atoms. The van der Waals surface area contributed by atoms with Crippen molar-refractivity contribution in [2.75, 3.05) is 0 Å². The summed E-state index contributed by atoms with van der Waals surface area (Å²) in [6.45, 7) is 0. The van der Waals surface area contributed by atoms with E-state index in [1.165, 1.54) is 0 Å². The van der Waals surface area contributed by atoms with Crippen LogP contribution in [0.1, 0.15) is 0 Å². The first-order chi connectivity index (χ1) is 1.00. The fourth-order valence-electron chi connectivity index (χ4n) is 0. The third kappa shape index (κ3) is 9.12. The van der Waals surface area contributed by atoms with Crippen LogP contribution in [0, 0.1) is 0 Å². The summed E-state index contributed by atoms with van der Waals surface area (Å²) in [5.74, 6) is 0. The summed E-state index contributed by atoms with van der Waals surface area (Å²) in [4.78, 5) is 0. The second kappa shape index (κ2) is 20.9. The van der Waals surface area contributed by atoms with Crippen molar-refractivity contribution >= 4 is 65.1 Å². The average Bonchev–Trinajstić information content (AvgIpc) is 1.00. The quantitative estimate of drug-likeness (QED) is 0.399. The molecule has 0 aromatic rings. The first-order valence-electron chi connectivity index (χ1n) is 0.289. The fourth-order valence-corrected chi connectivity index (χ4v) is 0. The molecule has 22 valence electrons. The van der Waals surface area contributed by atoms with Gasteiger partial charge in [-0.3, -0.25) is 0 Å². The Morgan fingerprint density at radius 1 is 1.25 bits per heavy atom. The molecule has 0 rings (SSSR count). The van der Waals surface area contributed by atoms with Crippen molar-refractivity contribution in [3.8, 4) is 0 Å². The van der Waals surface area contributed by atoms with E-state index < -0.39 is 0 Å². The van der Waals surface area contributed by atoms with E-state index in [1.807, 2.05) is 0 Å². The van der Waals surface area contributed by atoms with E-state index >= 15 is 0 Å². The van der Waals surface area contributed by atoms with Gasteiger partial charge in [0.2, 0.25) is 0 Å². The fraction of sp³-hybridized carbons (Fsp3) is 0. The van der Waals surface area contributed by atoms with Crippen molar-refractivity contribution in [2.45, 2.75) is 0 Å². The molecule has 2 nitrogen and oxygen atoms in total. The third-order valence-corrected chi connectivity index (χ3v) is 0. The number of hydrogen-bond donors (Lipinski definition) is 0. The minimum absolute atomic E-state index is 0. The zero-order chi connectivity index (χ0) is 2.00. The van der Waals surface area contributed by atoms with Crippen molar-refractivity contribution < 1.29 is 9.28 Å². The molecule has 0 amide bonds. The van der Waals surface area contributed by atoms with Crippen LogP contribution in [0.15, 0.2) is 0 Å². The maximum absolute atomic E-state index is 8.28. The predicted molar refractivity (Wildman–Crippen MR) is 20.0 cm³/mol. The van der Waals surface area contributed by atoms with Crippen LogP contribution >= 0.6 is 0 Å². The molecule has 4 heteroatoms. The van der Waals surface area contributed by atoms with Crippen LogP contribution in [0.3, 0.4) is 0 Å². The van der Waals surface area contributed by atoms with Gasteiger partial charge in [0, 0.05) is 0 Å². The van der Waals surface area contributed by atoms with Gasteiger partial charge in [0.25, 0.3) is 0 Å². The Kier molecular flexibility index (Phi) is 88.4. The van der Waals surface area contributed by atoms with Gasteiger partial charge in [0.05, 0.1) is 0 Å². The van der Waals surface area contributed by atoms with Gasteiger partial charge in [0.15, 0.2) is 0 Å². The molecular formula is H5AlBaO2. The molecule has 0 radical (unpaired) electrons. The third-order valence-electron chi connectivity index (χ3n) is 0. The molecule has 0 aromatic heterocycles. The van der Waals surface area contributed by atoms with E-state index in [0.717, 1.165) is 0 Å². The first kappa shape index (κ1) is 16.9. The maximum atomic E-state index is 8.28. The predicted octanol–water partition coefficient (Wildman–Crippen LogP) is -2.51. The van der Waals surface area contributed by atoms with Crippen LogP contribution < -0.4 is 0 Å². The summed E-state index contributed by atoms with van der Waals surface area (Å²) in [6.07, 6.45) is 0. The Labute approximate surface area is 73.0 Å². The van der Waals surface area contributed by atoms with Gasteiger partial charge in [-0.2, -0.15) is 0 Å². The molecule has 0 unspecified atom stereocenters. The van der Waals surface area contributed by atoms with Crippen molar-refractivity contribution in [1.29, 1.82) is 0 Å². The van der Waals surface area contributed by atoms with E-state index in [4.69, 9.17) is 3.80 Å². The van der Waals surface area contributed by atoms with Crippen LogP contribution in [0.4, 0.5) is 0 Å². The summed E-state index contributed by atoms with van der Waals surface area (Å²) in [5.41, 5.74) is 0. The normalized spacial score (nSPS) is 0.750. The summed E-state index contributed by atoms with van der Waals surface area (Å²) >= 11 is 0.611. The van der Waals surface area contributed by atoms with Gasteiger partial charge in [0.1, 0.15) is 0 Å². The summed E-state index contributed by atoms with van der Waals surface area (Å²) in [6, 6.07) is 0. The number of hydrogen-bond acceptors (Lipinski definition) is 1. The Hall–Kier alpha value is 1.86. The van der Waals surface area contributed by atoms with Gasteiger partial charge in [-0.05, 0) is 0 Å². The average molecular weight is 201 g/mol. The van der Waals surface area contributed by atoms with Crippen LogP contribution in [0.2, 0.25) is 0 Å².